The van der Waals surface area contributed by atoms with Crippen LogP contribution in [0.1, 0.15) is 38.1 Å². The van der Waals surface area contributed by atoms with E-state index in [2.05, 4.69) is 20.3 Å². The summed E-state index contributed by atoms with van der Waals surface area (Å²) in [7, 11) is 0. The van der Waals surface area contributed by atoms with Crippen LogP contribution in [0.2, 0.25) is 0 Å². The zero-order chi connectivity index (χ0) is 15.2. The highest BCUT2D eigenvalue weighted by Crippen LogP contribution is 2.28. The molecule has 2 rings (SSSR count). The van der Waals surface area contributed by atoms with E-state index in [4.69, 9.17) is 10.5 Å². The number of ether oxygens (including phenoxy) is 1. The fraction of sp³-hybridized carbons (Fsp3) is 0.400. The van der Waals surface area contributed by atoms with Gasteiger partial charge in [0.2, 0.25) is 5.88 Å². The fourth-order valence-electron chi connectivity index (χ4n) is 1.79. The molecule has 0 saturated heterocycles. The Kier molecular flexibility index (Phi) is 4.92. The molecule has 6 nitrogen and oxygen atoms in total. The normalized spacial score (nSPS) is 10.7. The van der Waals surface area contributed by atoms with Gasteiger partial charge in [0.1, 0.15) is 11.5 Å². The lowest BCUT2D eigenvalue weighted by atomic mass is 10.2. The molecular weight excluding hydrogens is 266 g/mol. The summed E-state index contributed by atoms with van der Waals surface area (Å²) in [6.07, 6.45) is 3.51. The van der Waals surface area contributed by atoms with Crippen molar-refractivity contribution in [1.82, 2.24) is 15.0 Å². The van der Waals surface area contributed by atoms with Gasteiger partial charge in [-0.3, -0.25) is 4.98 Å². The summed E-state index contributed by atoms with van der Waals surface area (Å²) in [5.74, 6) is 1.96. The molecule has 0 spiro atoms. The molecule has 2 aromatic heterocycles. The summed E-state index contributed by atoms with van der Waals surface area (Å²) >= 11 is 0. The fourth-order valence-corrected chi connectivity index (χ4v) is 1.79. The quantitative estimate of drug-likeness (QED) is 0.849. The van der Waals surface area contributed by atoms with Crippen molar-refractivity contribution in [2.24, 2.45) is 0 Å². The molecule has 0 aliphatic heterocycles. The van der Waals surface area contributed by atoms with Crippen molar-refractivity contribution in [2.75, 3.05) is 17.7 Å². The molecule has 2 heterocycles. The molecule has 21 heavy (non-hydrogen) atoms. The van der Waals surface area contributed by atoms with Gasteiger partial charge in [0.15, 0.2) is 5.82 Å². The SMILES string of the molecule is CCOc1nc(C(C)C)nc(NCc2ccncc2)c1N. The number of nitrogens with two attached hydrogens (primary N) is 1. The molecule has 6 heteroatoms. The van der Waals surface area contributed by atoms with Gasteiger partial charge in [-0.2, -0.15) is 4.98 Å². The summed E-state index contributed by atoms with van der Waals surface area (Å²) < 4.78 is 5.49. The summed E-state index contributed by atoms with van der Waals surface area (Å²) in [5.41, 5.74) is 7.62. The Balaban J connectivity index is 2.24. The van der Waals surface area contributed by atoms with Crippen LogP contribution in [0.4, 0.5) is 11.5 Å². The van der Waals surface area contributed by atoms with Gasteiger partial charge in [0, 0.05) is 24.9 Å². The molecule has 3 N–H and O–H groups in total. The number of nitrogens with one attached hydrogen (secondary N) is 1. The Labute approximate surface area is 124 Å². The summed E-state index contributed by atoms with van der Waals surface area (Å²) in [5, 5.41) is 3.24. The zero-order valence-corrected chi connectivity index (χ0v) is 12.6. The van der Waals surface area contributed by atoms with Gasteiger partial charge in [-0.1, -0.05) is 13.8 Å². The average Bonchev–Trinajstić information content (AvgIpc) is 2.49. The van der Waals surface area contributed by atoms with Crippen LogP contribution in [-0.2, 0) is 6.54 Å². The minimum absolute atomic E-state index is 0.200. The first-order valence-electron chi connectivity index (χ1n) is 7.04. The predicted molar refractivity (Wildman–Crippen MR) is 83.3 cm³/mol. The molecule has 2 aromatic rings. The molecule has 0 atom stereocenters. The molecule has 0 aliphatic rings. The minimum Gasteiger partial charge on any atom is -0.476 e. The van der Waals surface area contributed by atoms with E-state index >= 15 is 0 Å². The number of anilines is 2. The van der Waals surface area contributed by atoms with Gasteiger partial charge in [0.25, 0.3) is 0 Å². The maximum atomic E-state index is 6.08. The van der Waals surface area contributed by atoms with E-state index in [1.807, 2.05) is 32.9 Å². The number of nitrogens with zero attached hydrogens (tertiary/aromatic N) is 3. The smallest absolute Gasteiger partial charge is 0.242 e. The molecule has 0 aromatic carbocycles. The van der Waals surface area contributed by atoms with Crippen molar-refractivity contribution in [3.8, 4) is 5.88 Å². The van der Waals surface area contributed by atoms with Crippen LogP contribution in [0, 0.1) is 0 Å². The third-order valence-electron chi connectivity index (χ3n) is 2.93. The number of hydrogen-bond donors (Lipinski definition) is 2. The van der Waals surface area contributed by atoms with Crippen LogP contribution in [0.3, 0.4) is 0 Å². The van der Waals surface area contributed by atoms with Crippen molar-refractivity contribution in [1.29, 1.82) is 0 Å². The molecule has 0 saturated carbocycles. The first kappa shape index (κ1) is 15.0. The van der Waals surface area contributed by atoms with E-state index in [-0.39, 0.29) is 5.92 Å². The lowest BCUT2D eigenvalue weighted by molar-refractivity contribution is 0.326. The van der Waals surface area contributed by atoms with Crippen LogP contribution in [0.25, 0.3) is 0 Å². The van der Waals surface area contributed by atoms with Crippen molar-refractivity contribution in [3.05, 3.63) is 35.9 Å². The molecule has 0 amide bonds. The van der Waals surface area contributed by atoms with E-state index < -0.39 is 0 Å². The lowest BCUT2D eigenvalue weighted by Gasteiger charge is -2.15. The van der Waals surface area contributed by atoms with Gasteiger partial charge < -0.3 is 15.8 Å². The van der Waals surface area contributed by atoms with E-state index in [0.717, 1.165) is 5.56 Å². The highest BCUT2D eigenvalue weighted by molar-refractivity contribution is 5.67. The van der Waals surface area contributed by atoms with Crippen molar-refractivity contribution >= 4 is 11.5 Å². The second kappa shape index (κ2) is 6.88. The average molecular weight is 287 g/mol. The van der Waals surface area contributed by atoms with E-state index in [1.54, 1.807) is 12.4 Å². The molecular formula is C15H21N5O. The van der Waals surface area contributed by atoms with Crippen LogP contribution in [0.15, 0.2) is 24.5 Å². The molecule has 0 fully saturated rings. The Morgan fingerprint density at radius 2 is 1.95 bits per heavy atom. The van der Waals surface area contributed by atoms with Crippen molar-refractivity contribution in [3.63, 3.8) is 0 Å². The highest BCUT2D eigenvalue weighted by Gasteiger charge is 2.14. The summed E-state index contributed by atoms with van der Waals surface area (Å²) in [6.45, 7) is 7.11. The molecule has 0 radical (unpaired) electrons. The van der Waals surface area contributed by atoms with Gasteiger partial charge >= 0.3 is 0 Å². The third-order valence-corrected chi connectivity index (χ3v) is 2.93. The number of aromatic nitrogens is 3. The van der Waals surface area contributed by atoms with Crippen LogP contribution in [-0.4, -0.2) is 21.6 Å². The number of nitrogen functional groups attached to an aromatic ring is 1. The number of pyridine rings is 1. The lowest BCUT2D eigenvalue weighted by Crippen LogP contribution is -2.11. The second-order valence-corrected chi connectivity index (χ2v) is 4.95. The summed E-state index contributed by atoms with van der Waals surface area (Å²) in [6, 6.07) is 3.88. The molecule has 0 bridgehead atoms. The minimum atomic E-state index is 0.200. The number of rotatable bonds is 6. The van der Waals surface area contributed by atoms with Crippen molar-refractivity contribution < 1.29 is 4.74 Å². The first-order chi connectivity index (χ1) is 10.1. The summed E-state index contributed by atoms with van der Waals surface area (Å²) in [4.78, 5) is 12.9. The standard InChI is InChI=1S/C15H21N5O/c1-4-21-15-12(16)14(19-13(20-15)10(2)3)18-9-11-5-7-17-8-6-11/h5-8,10H,4,9,16H2,1-3H3,(H,18,19,20). The van der Waals surface area contributed by atoms with Gasteiger partial charge in [-0.25, -0.2) is 4.98 Å². The van der Waals surface area contributed by atoms with E-state index in [9.17, 15) is 0 Å². The zero-order valence-electron chi connectivity index (χ0n) is 12.6. The first-order valence-corrected chi connectivity index (χ1v) is 7.04. The maximum Gasteiger partial charge on any atom is 0.242 e. The molecule has 112 valence electrons. The highest BCUT2D eigenvalue weighted by atomic mass is 16.5. The topological polar surface area (TPSA) is 86.0 Å². The predicted octanol–water partition coefficient (Wildman–Crippen LogP) is 2.59. The Morgan fingerprint density at radius 1 is 1.24 bits per heavy atom. The van der Waals surface area contributed by atoms with Crippen molar-refractivity contribution in [2.45, 2.75) is 33.2 Å². The van der Waals surface area contributed by atoms with Crippen LogP contribution in [0.5, 0.6) is 5.88 Å². The molecule has 0 unspecified atom stereocenters. The van der Waals surface area contributed by atoms with Gasteiger partial charge in [0.05, 0.1) is 6.61 Å². The van der Waals surface area contributed by atoms with E-state index in [1.165, 1.54) is 0 Å². The Morgan fingerprint density at radius 3 is 2.57 bits per heavy atom. The second-order valence-electron chi connectivity index (χ2n) is 4.95. The largest absolute Gasteiger partial charge is 0.476 e. The maximum absolute atomic E-state index is 6.08. The molecule has 0 aliphatic carbocycles. The Hall–Kier alpha value is -2.37. The Bertz CT molecular complexity index is 586. The number of hydrogen-bond acceptors (Lipinski definition) is 6. The van der Waals surface area contributed by atoms with Crippen LogP contribution >= 0.6 is 0 Å². The monoisotopic (exact) mass is 287 g/mol. The van der Waals surface area contributed by atoms with Crippen LogP contribution < -0.4 is 15.8 Å². The van der Waals surface area contributed by atoms with Gasteiger partial charge in [-0.05, 0) is 24.6 Å². The third kappa shape index (κ3) is 3.81. The van der Waals surface area contributed by atoms with E-state index in [0.29, 0.717) is 36.4 Å². The van der Waals surface area contributed by atoms with Gasteiger partial charge in [-0.15, -0.1) is 0 Å².